The minimum absolute atomic E-state index is 0.0386. The highest BCUT2D eigenvalue weighted by Gasteiger charge is 2.49. The molecule has 1 aromatic heterocycles. The molecule has 1 aliphatic heterocycles. The van der Waals surface area contributed by atoms with Crippen molar-refractivity contribution in [3.8, 4) is 16.9 Å². The molecule has 4 rings (SSSR count). The summed E-state index contributed by atoms with van der Waals surface area (Å²) < 4.78 is 32.3. The number of nitrogens with zero attached hydrogens (tertiary/aromatic N) is 4. The molecule has 2 heterocycles. The SMILES string of the molecule is CN1C(=O)[C@](c2ccc(OCCF)cc2)(c2ccc(F)c(-c3cncnc3)c2)N=C1N. The fourth-order valence-electron chi connectivity index (χ4n) is 3.54. The van der Waals surface area contributed by atoms with Crippen LogP contribution < -0.4 is 10.5 Å². The summed E-state index contributed by atoms with van der Waals surface area (Å²) in [6.07, 6.45) is 4.32. The molecule has 0 saturated heterocycles. The molecular weight excluding hydrogens is 404 g/mol. The third kappa shape index (κ3) is 3.48. The van der Waals surface area contributed by atoms with E-state index in [9.17, 15) is 13.6 Å². The van der Waals surface area contributed by atoms with Gasteiger partial charge in [-0.15, -0.1) is 0 Å². The van der Waals surface area contributed by atoms with E-state index in [0.29, 0.717) is 22.4 Å². The molecule has 1 aliphatic rings. The van der Waals surface area contributed by atoms with Gasteiger partial charge in [0.25, 0.3) is 5.91 Å². The molecule has 0 aliphatic carbocycles. The molecule has 1 atom stereocenters. The standard InChI is InChI=1S/C22H19F2N5O2/c1-29-20(30)22(28-21(29)25,15-2-5-17(6-3-15)31-9-8-23)16-4-7-19(24)18(10-16)14-11-26-13-27-12-14/h2-7,10-13H,8-9H2,1H3,(H2,25,28)/t22-/m0/s1. The summed E-state index contributed by atoms with van der Waals surface area (Å²) in [5, 5.41) is 0. The molecule has 9 heteroatoms. The lowest BCUT2D eigenvalue weighted by atomic mass is 9.81. The molecule has 2 N–H and O–H groups in total. The van der Waals surface area contributed by atoms with Gasteiger partial charge < -0.3 is 10.5 Å². The summed E-state index contributed by atoms with van der Waals surface area (Å²) in [6, 6.07) is 10.9. The highest BCUT2D eigenvalue weighted by atomic mass is 19.1. The minimum Gasteiger partial charge on any atom is -0.491 e. The molecule has 0 fully saturated rings. The predicted molar refractivity (Wildman–Crippen MR) is 111 cm³/mol. The van der Waals surface area contributed by atoms with Gasteiger partial charge in [0, 0.05) is 30.6 Å². The Bertz CT molecular complexity index is 1140. The zero-order valence-corrected chi connectivity index (χ0v) is 16.6. The fraction of sp³-hybridized carbons (Fsp3) is 0.182. The second-order valence-corrected chi connectivity index (χ2v) is 6.93. The van der Waals surface area contributed by atoms with Crippen LogP contribution in [0, 0.1) is 5.82 Å². The van der Waals surface area contributed by atoms with Gasteiger partial charge >= 0.3 is 0 Å². The van der Waals surface area contributed by atoms with Crippen molar-refractivity contribution in [3.63, 3.8) is 0 Å². The van der Waals surface area contributed by atoms with Crippen molar-refractivity contribution in [2.24, 2.45) is 10.7 Å². The Balaban J connectivity index is 1.87. The summed E-state index contributed by atoms with van der Waals surface area (Å²) in [6.45, 7) is -0.685. The number of alkyl halides is 1. The Morgan fingerprint density at radius 3 is 2.39 bits per heavy atom. The van der Waals surface area contributed by atoms with Gasteiger partial charge in [0.1, 0.15) is 31.2 Å². The van der Waals surface area contributed by atoms with Gasteiger partial charge in [-0.05, 0) is 35.4 Å². The molecule has 31 heavy (non-hydrogen) atoms. The number of hydrogen-bond acceptors (Lipinski definition) is 6. The van der Waals surface area contributed by atoms with E-state index in [1.54, 1.807) is 30.3 Å². The quantitative estimate of drug-likeness (QED) is 0.658. The highest BCUT2D eigenvalue weighted by Crippen LogP contribution is 2.41. The first-order valence-electron chi connectivity index (χ1n) is 9.45. The first-order valence-corrected chi connectivity index (χ1v) is 9.45. The maximum Gasteiger partial charge on any atom is 0.266 e. The van der Waals surface area contributed by atoms with E-state index in [1.165, 1.54) is 42.8 Å². The molecule has 2 aromatic carbocycles. The molecular formula is C22H19F2N5O2. The summed E-state index contributed by atoms with van der Waals surface area (Å²) in [5.41, 5.74) is 6.12. The maximum atomic E-state index is 14.6. The number of carbonyl (C=O) groups excluding carboxylic acids is 1. The second kappa shape index (κ2) is 8.10. The first kappa shape index (κ1) is 20.4. The average molecular weight is 423 g/mol. The first-order chi connectivity index (χ1) is 15.0. The Morgan fingerprint density at radius 1 is 1.10 bits per heavy atom. The van der Waals surface area contributed by atoms with Gasteiger partial charge in [0.2, 0.25) is 0 Å². The van der Waals surface area contributed by atoms with Gasteiger partial charge in [0.05, 0.1) is 0 Å². The van der Waals surface area contributed by atoms with Crippen LogP contribution in [0.25, 0.3) is 11.1 Å². The predicted octanol–water partition coefficient (Wildman–Crippen LogP) is 2.66. The van der Waals surface area contributed by atoms with Crippen LogP contribution in [-0.4, -0.2) is 47.1 Å². The Labute approximate surface area is 177 Å². The van der Waals surface area contributed by atoms with Crippen LogP contribution in [-0.2, 0) is 10.3 Å². The number of rotatable bonds is 6. The van der Waals surface area contributed by atoms with Crippen molar-refractivity contribution >= 4 is 11.9 Å². The number of carbonyl (C=O) groups is 1. The molecule has 1 amide bonds. The van der Waals surface area contributed by atoms with Gasteiger partial charge in [-0.25, -0.2) is 23.7 Å². The van der Waals surface area contributed by atoms with Crippen LogP contribution in [0.1, 0.15) is 11.1 Å². The molecule has 0 bridgehead atoms. The van der Waals surface area contributed by atoms with Crippen molar-refractivity contribution < 1.29 is 18.3 Å². The molecule has 0 saturated carbocycles. The topological polar surface area (TPSA) is 93.7 Å². The number of aliphatic imine (C=N–C) groups is 1. The lowest BCUT2D eigenvalue weighted by Gasteiger charge is -2.27. The van der Waals surface area contributed by atoms with E-state index in [1.807, 2.05) is 0 Å². The third-order valence-corrected chi connectivity index (χ3v) is 5.11. The lowest BCUT2D eigenvalue weighted by molar-refractivity contribution is -0.129. The molecule has 0 spiro atoms. The number of benzene rings is 2. The van der Waals surface area contributed by atoms with Crippen LogP contribution in [0.5, 0.6) is 5.75 Å². The number of amides is 1. The van der Waals surface area contributed by atoms with Crippen molar-refractivity contribution in [2.45, 2.75) is 5.54 Å². The van der Waals surface area contributed by atoms with Crippen molar-refractivity contribution in [1.82, 2.24) is 14.9 Å². The van der Waals surface area contributed by atoms with Crippen LogP contribution in [0.15, 0.2) is 66.2 Å². The normalized spacial score (nSPS) is 18.2. The van der Waals surface area contributed by atoms with Crippen molar-refractivity contribution in [2.75, 3.05) is 20.3 Å². The van der Waals surface area contributed by atoms with E-state index in [0.717, 1.165) is 0 Å². The monoisotopic (exact) mass is 423 g/mol. The Morgan fingerprint density at radius 2 is 1.77 bits per heavy atom. The van der Waals surface area contributed by atoms with Crippen LogP contribution >= 0.6 is 0 Å². The largest absolute Gasteiger partial charge is 0.491 e. The van der Waals surface area contributed by atoms with E-state index in [-0.39, 0.29) is 24.0 Å². The van der Waals surface area contributed by atoms with Crippen LogP contribution in [0.4, 0.5) is 8.78 Å². The van der Waals surface area contributed by atoms with E-state index in [2.05, 4.69) is 15.0 Å². The number of likely N-dealkylation sites (N-methyl/N-ethyl adjacent to an activating group) is 1. The summed E-state index contributed by atoms with van der Waals surface area (Å²) >= 11 is 0. The highest BCUT2D eigenvalue weighted by molar-refractivity contribution is 6.09. The second-order valence-electron chi connectivity index (χ2n) is 6.93. The number of hydrogen-bond donors (Lipinski definition) is 1. The van der Waals surface area contributed by atoms with Gasteiger partial charge in [-0.2, -0.15) is 0 Å². The number of nitrogens with two attached hydrogens (primary N) is 1. The lowest BCUT2D eigenvalue weighted by Crippen LogP contribution is -2.41. The van der Waals surface area contributed by atoms with Crippen molar-refractivity contribution in [1.29, 1.82) is 0 Å². The van der Waals surface area contributed by atoms with E-state index in [4.69, 9.17) is 10.5 Å². The number of guanidine groups is 1. The average Bonchev–Trinajstić information content (AvgIpc) is 3.03. The fourth-order valence-corrected chi connectivity index (χ4v) is 3.54. The smallest absolute Gasteiger partial charge is 0.266 e. The van der Waals surface area contributed by atoms with Gasteiger partial charge in [-0.3, -0.25) is 9.69 Å². The third-order valence-electron chi connectivity index (χ3n) is 5.11. The number of halogens is 2. The number of aromatic nitrogens is 2. The summed E-state index contributed by atoms with van der Waals surface area (Å²) in [5.74, 6) is -0.381. The molecule has 3 aromatic rings. The number of ether oxygens (including phenoxy) is 1. The molecule has 7 nitrogen and oxygen atoms in total. The van der Waals surface area contributed by atoms with Crippen LogP contribution in [0.3, 0.4) is 0 Å². The van der Waals surface area contributed by atoms with E-state index >= 15 is 0 Å². The van der Waals surface area contributed by atoms with Gasteiger partial charge in [-0.1, -0.05) is 18.2 Å². The minimum atomic E-state index is -1.50. The Hall–Kier alpha value is -3.88. The maximum absolute atomic E-state index is 14.6. The molecule has 158 valence electrons. The molecule has 0 radical (unpaired) electrons. The Kier molecular flexibility index (Phi) is 5.33. The van der Waals surface area contributed by atoms with Crippen LogP contribution in [0.2, 0.25) is 0 Å². The molecule has 0 unspecified atom stereocenters. The summed E-state index contributed by atoms with van der Waals surface area (Å²) in [4.78, 5) is 27.0. The zero-order valence-electron chi connectivity index (χ0n) is 16.6. The summed E-state index contributed by atoms with van der Waals surface area (Å²) in [7, 11) is 1.52. The van der Waals surface area contributed by atoms with E-state index < -0.39 is 18.0 Å². The van der Waals surface area contributed by atoms with Gasteiger partial charge in [0.15, 0.2) is 11.5 Å². The zero-order chi connectivity index (χ0) is 22.0. The van der Waals surface area contributed by atoms with Crippen molar-refractivity contribution in [3.05, 3.63) is 78.1 Å².